The zero-order chi connectivity index (χ0) is 13.5. The number of hydrogen-bond acceptors (Lipinski definition) is 3. The standard InChI is InChI=1S/C14H21NO2S/c1-10-4-5-13(8-11(10)2)18-7-6-14(17)15-12(3)9-16/h4-5,8,12,16H,6-7,9H2,1-3H3,(H,15,17). The minimum atomic E-state index is -0.163. The van der Waals surface area contributed by atoms with E-state index in [1.807, 2.05) is 0 Å². The highest BCUT2D eigenvalue weighted by atomic mass is 32.2. The molecule has 0 heterocycles. The largest absolute Gasteiger partial charge is 0.394 e. The van der Waals surface area contributed by atoms with E-state index in [4.69, 9.17) is 5.11 Å². The molecule has 18 heavy (non-hydrogen) atoms. The third-order valence-electron chi connectivity index (χ3n) is 2.76. The Morgan fingerprint density at radius 3 is 2.72 bits per heavy atom. The highest BCUT2D eigenvalue weighted by Gasteiger charge is 2.06. The lowest BCUT2D eigenvalue weighted by atomic mass is 10.1. The van der Waals surface area contributed by atoms with E-state index in [-0.39, 0.29) is 18.6 Å². The van der Waals surface area contributed by atoms with Crippen LogP contribution in [0.25, 0.3) is 0 Å². The number of nitrogens with one attached hydrogen (secondary N) is 1. The first-order chi connectivity index (χ1) is 8.52. The Morgan fingerprint density at radius 1 is 1.39 bits per heavy atom. The molecule has 1 atom stereocenters. The summed E-state index contributed by atoms with van der Waals surface area (Å²) >= 11 is 1.68. The SMILES string of the molecule is Cc1ccc(SCCC(=O)NC(C)CO)cc1C. The molecule has 0 saturated heterocycles. The van der Waals surface area contributed by atoms with Gasteiger partial charge in [0.15, 0.2) is 0 Å². The Balaban J connectivity index is 2.33. The monoisotopic (exact) mass is 267 g/mol. The predicted octanol–water partition coefficient (Wildman–Crippen LogP) is 2.28. The smallest absolute Gasteiger partial charge is 0.221 e. The van der Waals surface area contributed by atoms with Crippen molar-refractivity contribution in [1.82, 2.24) is 5.32 Å². The molecule has 0 aromatic heterocycles. The van der Waals surface area contributed by atoms with Crippen LogP contribution in [-0.2, 0) is 4.79 Å². The number of hydrogen-bond donors (Lipinski definition) is 2. The number of rotatable bonds is 6. The Bertz CT molecular complexity index is 407. The first kappa shape index (κ1) is 15.1. The number of aryl methyl sites for hydroxylation is 2. The fourth-order valence-corrected chi connectivity index (χ4v) is 2.41. The lowest BCUT2D eigenvalue weighted by Crippen LogP contribution is -2.35. The van der Waals surface area contributed by atoms with Crippen LogP contribution >= 0.6 is 11.8 Å². The van der Waals surface area contributed by atoms with Gasteiger partial charge in [0.25, 0.3) is 0 Å². The topological polar surface area (TPSA) is 49.3 Å². The van der Waals surface area contributed by atoms with Gasteiger partial charge in [0.1, 0.15) is 0 Å². The summed E-state index contributed by atoms with van der Waals surface area (Å²) in [7, 11) is 0. The van der Waals surface area contributed by atoms with Crippen molar-refractivity contribution in [2.24, 2.45) is 0 Å². The quantitative estimate of drug-likeness (QED) is 0.777. The first-order valence-electron chi connectivity index (χ1n) is 6.13. The lowest BCUT2D eigenvalue weighted by Gasteiger charge is -2.10. The maximum absolute atomic E-state index is 11.5. The van der Waals surface area contributed by atoms with E-state index >= 15 is 0 Å². The summed E-state index contributed by atoms with van der Waals surface area (Å²) in [4.78, 5) is 12.7. The summed E-state index contributed by atoms with van der Waals surface area (Å²) in [5, 5.41) is 11.6. The van der Waals surface area contributed by atoms with Gasteiger partial charge in [0, 0.05) is 23.1 Å². The van der Waals surface area contributed by atoms with E-state index in [2.05, 4.69) is 37.4 Å². The molecule has 2 N–H and O–H groups in total. The van der Waals surface area contributed by atoms with Crippen molar-refractivity contribution in [3.8, 4) is 0 Å². The molecule has 3 nitrogen and oxygen atoms in total. The summed E-state index contributed by atoms with van der Waals surface area (Å²) < 4.78 is 0. The third kappa shape index (κ3) is 5.10. The van der Waals surface area contributed by atoms with Crippen LogP contribution in [0.1, 0.15) is 24.5 Å². The van der Waals surface area contributed by atoms with Gasteiger partial charge in [-0.15, -0.1) is 11.8 Å². The molecule has 0 spiro atoms. The number of thioether (sulfide) groups is 1. The van der Waals surface area contributed by atoms with Gasteiger partial charge in [-0.3, -0.25) is 4.79 Å². The molecule has 1 aromatic rings. The van der Waals surface area contributed by atoms with E-state index < -0.39 is 0 Å². The molecule has 0 aliphatic heterocycles. The summed E-state index contributed by atoms with van der Waals surface area (Å²) in [5.41, 5.74) is 2.56. The third-order valence-corrected chi connectivity index (χ3v) is 3.75. The lowest BCUT2D eigenvalue weighted by molar-refractivity contribution is -0.121. The highest BCUT2D eigenvalue weighted by Crippen LogP contribution is 2.21. The predicted molar refractivity (Wildman–Crippen MR) is 75.9 cm³/mol. The number of amides is 1. The molecule has 0 aliphatic rings. The summed E-state index contributed by atoms with van der Waals surface area (Å²) in [6.07, 6.45) is 0.474. The summed E-state index contributed by atoms with van der Waals surface area (Å²) in [5.74, 6) is 0.750. The van der Waals surface area contributed by atoms with E-state index in [1.54, 1.807) is 18.7 Å². The number of carbonyl (C=O) groups is 1. The normalized spacial score (nSPS) is 12.2. The van der Waals surface area contributed by atoms with Gasteiger partial charge in [-0.1, -0.05) is 6.07 Å². The van der Waals surface area contributed by atoms with Crippen molar-refractivity contribution in [3.05, 3.63) is 29.3 Å². The van der Waals surface area contributed by atoms with Crippen LogP contribution in [0.3, 0.4) is 0 Å². The van der Waals surface area contributed by atoms with Crippen molar-refractivity contribution in [2.45, 2.75) is 38.1 Å². The zero-order valence-electron chi connectivity index (χ0n) is 11.2. The van der Waals surface area contributed by atoms with Gasteiger partial charge in [-0.2, -0.15) is 0 Å². The van der Waals surface area contributed by atoms with Crippen LogP contribution in [0.15, 0.2) is 23.1 Å². The van der Waals surface area contributed by atoms with E-state index in [0.29, 0.717) is 6.42 Å². The average Bonchev–Trinajstić information content (AvgIpc) is 2.33. The summed E-state index contributed by atoms with van der Waals surface area (Å²) in [6, 6.07) is 6.17. The van der Waals surface area contributed by atoms with Crippen LogP contribution in [0.5, 0.6) is 0 Å². The van der Waals surface area contributed by atoms with Crippen LogP contribution in [0.4, 0.5) is 0 Å². The Hall–Kier alpha value is -1.00. The van der Waals surface area contributed by atoms with Crippen LogP contribution in [-0.4, -0.2) is 29.4 Å². The molecule has 0 fully saturated rings. The molecule has 0 bridgehead atoms. The van der Waals surface area contributed by atoms with E-state index in [1.165, 1.54) is 16.0 Å². The zero-order valence-corrected chi connectivity index (χ0v) is 12.0. The van der Waals surface area contributed by atoms with Gasteiger partial charge in [0.05, 0.1) is 6.61 Å². The molecule has 1 amide bonds. The molecule has 0 saturated carbocycles. The molecule has 0 aliphatic carbocycles. The maximum atomic E-state index is 11.5. The molecule has 1 rings (SSSR count). The Kier molecular flexibility index (Phi) is 6.22. The number of benzene rings is 1. The van der Waals surface area contributed by atoms with Crippen molar-refractivity contribution in [3.63, 3.8) is 0 Å². The minimum absolute atomic E-state index is 0.00659. The number of carbonyl (C=O) groups excluding carboxylic acids is 1. The number of aliphatic hydroxyl groups excluding tert-OH is 1. The molecular formula is C14H21NO2S. The highest BCUT2D eigenvalue weighted by molar-refractivity contribution is 7.99. The Morgan fingerprint density at radius 2 is 2.11 bits per heavy atom. The summed E-state index contributed by atoms with van der Waals surface area (Å²) in [6.45, 7) is 5.95. The molecule has 1 unspecified atom stereocenters. The van der Waals surface area contributed by atoms with Crippen molar-refractivity contribution < 1.29 is 9.90 Å². The van der Waals surface area contributed by atoms with Gasteiger partial charge in [-0.05, 0) is 44.0 Å². The number of aliphatic hydroxyl groups is 1. The van der Waals surface area contributed by atoms with Gasteiger partial charge < -0.3 is 10.4 Å². The van der Waals surface area contributed by atoms with Crippen molar-refractivity contribution in [1.29, 1.82) is 0 Å². The molecule has 0 radical (unpaired) electrons. The fraction of sp³-hybridized carbons (Fsp3) is 0.500. The second-order valence-electron chi connectivity index (χ2n) is 4.50. The fourth-order valence-electron chi connectivity index (χ4n) is 1.46. The first-order valence-corrected chi connectivity index (χ1v) is 7.11. The second kappa shape index (κ2) is 7.44. The molecule has 4 heteroatoms. The average molecular weight is 267 g/mol. The van der Waals surface area contributed by atoms with E-state index in [0.717, 1.165) is 5.75 Å². The Labute approximate surface area is 113 Å². The van der Waals surface area contributed by atoms with Gasteiger partial charge in [-0.25, -0.2) is 0 Å². The van der Waals surface area contributed by atoms with Crippen molar-refractivity contribution in [2.75, 3.05) is 12.4 Å². The molecule has 100 valence electrons. The van der Waals surface area contributed by atoms with Crippen LogP contribution in [0, 0.1) is 13.8 Å². The second-order valence-corrected chi connectivity index (χ2v) is 5.66. The minimum Gasteiger partial charge on any atom is -0.394 e. The van der Waals surface area contributed by atoms with Crippen molar-refractivity contribution >= 4 is 17.7 Å². The van der Waals surface area contributed by atoms with Gasteiger partial charge >= 0.3 is 0 Å². The van der Waals surface area contributed by atoms with Gasteiger partial charge in [0.2, 0.25) is 5.91 Å². The van der Waals surface area contributed by atoms with Crippen LogP contribution < -0.4 is 5.32 Å². The molecule has 1 aromatic carbocycles. The molecular weight excluding hydrogens is 246 g/mol. The van der Waals surface area contributed by atoms with Crippen LogP contribution in [0.2, 0.25) is 0 Å². The van der Waals surface area contributed by atoms with E-state index in [9.17, 15) is 4.79 Å². The maximum Gasteiger partial charge on any atom is 0.221 e.